The van der Waals surface area contributed by atoms with Crippen LogP contribution in [0.3, 0.4) is 0 Å². The largest absolute Gasteiger partial charge is 0.337 e. The zero-order valence-corrected chi connectivity index (χ0v) is 18.2. The van der Waals surface area contributed by atoms with E-state index >= 15 is 0 Å². The first-order valence-corrected chi connectivity index (χ1v) is 10.6. The number of hydrogen-bond acceptors (Lipinski definition) is 4. The van der Waals surface area contributed by atoms with E-state index in [9.17, 15) is 13.6 Å². The van der Waals surface area contributed by atoms with Gasteiger partial charge in [-0.3, -0.25) is 4.79 Å². The number of hydrogen-bond donors (Lipinski definition) is 0. The van der Waals surface area contributed by atoms with Gasteiger partial charge in [0.1, 0.15) is 11.3 Å². The third-order valence-corrected chi connectivity index (χ3v) is 5.49. The Kier molecular flexibility index (Phi) is 5.59. The Balaban J connectivity index is 1.45. The van der Waals surface area contributed by atoms with Crippen LogP contribution < -0.4 is 0 Å². The number of benzene rings is 2. The second-order valence-corrected chi connectivity index (χ2v) is 7.80. The summed E-state index contributed by atoms with van der Waals surface area (Å²) in [6, 6.07) is 19.8. The van der Waals surface area contributed by atoms with E-state index in [0.717, 1.165) is 15.8 Å². The zero-order chi connectivity index (χ0) is 23.7. The predicted octanol–water partition coefficient (Wildman–Crippen LogP) is 4.79. The highest BCUT2D eigenvalue weighted by molar-refractivity contribution is 5.99. The summed E-state index contributed by atoms with van der Waals surface area (Å²) in [4.78, 5) is 19.3. The van der Waals surface area contributed by atoms with Gasteiger partial charge in [-0.05, 0) is 29.8 Å². The second-order valence-electron chi connectivity index (χ2n) is 7.80. The molecule has 0 aliphatic carbocycles. The molecule has 0 aliphatic heterocycles. The normalized spacial score (nSPS) is 11.3. The van der Waals surface area contributed by atoms with E-state index < -0.39 is 6.43 Å². The van der Waals surface area contributed by atoms with Gasteiger partial charge in [-0.2, -0.15) is 10.2 Å². The minimum atomic E-state index is -2.78. The number of aromatic nitrogens is 5. The molecule has 5 aromatic rings. The highest BCUT2D eigenvalue weighted by Gasteiger charge is 2.23. The standard InChI is InChI=1S/C25H20F2N6O/c1-31(16-17-8-10-19(11-9-17)32-13-5-12-28-32)25(34)20-15-29-33-22(23(26)27)14-21(30-24(20)33)18-6-3-2-4-7-18/h2-15,23H,16H2,1H3. The Morgan fingerprint density at radius 2 is 1.79 bits per heavy atom. The van der Waals surface area contributed by atoms with E-state index in [1.54, 1.807) is 42.2 Å². The maximum Gasteiger partial charge on any atom is 0.280 e. The molecule has 34 heavy (non-hydrogen) atoms. The van der Waals surface area contributed by atoms with Gasteiger partial charge in [-0.1, -0.05) is 42.5 Å². The van der Waals surface area contributed by atoms with Crippen LogP contribution in [0.2, 0.25) is 0 Å². The number of halogens is 2. The van der Waals surface area contributed by atoms with Crippen molar-refractivity contribution in [3.63, 3.8) is 0 Å². The lowest BCUT2D eigenvalue weighted by molar-refractivity contribution is 0.0786. The van der Waals surface area contributed by atoms with Crippen LogP contribution in [0.15, 0.2) is 85.3 Å². The first-order valence-electron chi connectivity index (χ1n) is 10.6. The molecule has 0 aliphatic rings. The minimum absolute atomic E-state index is 0.0996. The average molecular weight is 458 g/mol. The molecule has 5 rings (SSSR count). The molecular weight excluding hydrogens is 438 g/mol. The van der Waals surface area contributed by atoms with E-state index in [4.69, 9.17) is 0 Å². The molecule has 7 nitrogen and oxygen atoms in total. The van der Waals surface area contributed by atoms with Crippen molar-refractivity contribution in [1.29, 1.82) is 0 Å². The molecule has 0 radical (unpaired) electrons. The quantitative estimate of drug-likeness (QED) is 0.367. The SMILES string of the molecule is CN(Cc1ccc(-n2cccn2)cc1)C(=O)c1cnn2c(C(F)F)cc(-c3ccccc3)nc12. The Bertz CT molecular complexity index is 1430. The summed E-state index contributed by atoms with van der Waals surface area (Å²) >= 11 is 0. The molecule has 0 fully saturated rings. The molecule has 0 spiro atoms. The average Bonchev–Trinajstić information content (AvgIpc) is 3.54. The van der Waals surface area contributed by atoms with Gasteiger partial charge in [0.05, 0.1) is 17.6 Å². The fourth-order valence-corrected chi connectivity index (χ4v) is 3.78. The molecule has 0 N–H and O–H groups in total. The fraction of sp³-hybridized carbons (Fsp3) is 0.120. The summed E-state index contributed by atoms with van der Waals surface area (Å²) in [5.74, 6) is -0.357. The first kappa shape index (κ1) is 21.4. The Hall–Kier alpha value is -4.40. The maximum absolute atomic E-state index is 13.8. The van der Waals surface area contributed by atoms with Crippen LogP contribution in [-0.2, 0) is 6.54 Å². The molecule has 2 aromatic carbocycles. The number of carbonyl (C=O) groups excluding carboxylic acids is 1. The van der Waals surface area contributed by atoms with Gasteiger partial charge in [0, 0.05) is 31.5 Å². The molecule has 0 bridgehead atoms. The Morgan fingerprint density at radius 3 is 2.47 bits per heavy atom. The van der Waals surface area contributed by atoms with Crippen LogP contribution in [0.1, 0.15) is 28.0 Å². The molecular formula is C25H20F2N6O. The number of carbonyl (C=O) groups is 1. The minimum Gasteiger partial charge on any atom is -0.337 e. The molecule has 0 saturated heterocycles. The number of alkyl halides is 2. The van der Waals surface area contributed by atoms with E-state index in [1.807, 2.05) is 42.6 Å². The number of amides is 1. The third-order valence-electron chi connectivity index (χ3n) is 5.49. The van der Waals surface area contributed by atoms with Crippen LogP contribution in [0.5, 0.6) is 0 Å². The number of rotatable bonds is 6. The van der Waals surface area contributed by atoms with Gasteiger partial charge in [0.15, 0.2) is 5.65 Å². The molecule has 170 valence electrons. The molecule has 3 aromatic heterocycles. The van der Waals surface area contributed by atoms with Gasteiger partial charge in [0.2, 0.25) is 0 Å². The Labute approximate surface area is 193 Å². The molecule has 1 amide bonds. The number of fused-ring (bicyclic) bond motifs is 1. The van der Waals surface area contributed by atoms with Crippen LogP contribution in [-0.4, -0.2) is 42.2 Å². The maximum atomic E-state index is 13.8. The van der Waals surface area contributed by atoms with Crippen molar-refractivity contribution in [3.05, 3.63) is 102 Å². The van der Waals surface area contributed by atoms with Crippen LogP contribution >= 0.6 is 0 Å². The third kappa shape index (κ3) is 4.03. The van der Waals surface area contributed by atoms with Crippen molar-refractivity contribution >= 4 is 11.6 Å². The van der Waals surface area contributed by atoms with E-state index in [-0.39, 0.29) is 22.8 Å². The highest BCUT2D eigenvalue weighted by atomic mass is 19.3. The van der Waals surface area contributed by atoms with Crippen molar-refractivity contribution < 1.29 is 13.6 Å². The predicted molar refractivity (Wildman–Crippen MR) is 123 cm³/mol. The van der Waals surface area contributed by atoms with E-state index in [0.29, 0.717) is 17.8 Å². The zero-order valence-electron chi connectivity index (χ0n) is 18.2. The van der Waals surface area contributed by atoms with Gasteiger partial charge < -0.3 is 4.90 Å². The Morgan fingerprint density at radius 1 is 1.03 bits per heavy atom. The fourth-order valence-electron chi connectivity index (χ4n) is 3.78. The van der Waals surface area contributed by atoms with Crippen molar-refractivity contribution in [1.82, 2.24) is 29.3 Å². The van der Waals surface area contributed by atoms with Crippen LogP contribution in [0, 0.1) is 0 Å². The molecule has 0 unspecified atom stereocenters. The lowest BCUT2D eigenvalue weighted by atomic mass is 10.1. The lowest BCUT2D eigenvalue weighted by Crippen LogP contribution is -2.26. The summed E-state index contributed by atoms with van der Waals surface area (Å²) < 4.78 is 30.4. The molecule has 9 heteroatoms. The van der Waals surface area contributed by atoms with Gasteiger partial charge >= 0.3 is 0 Å². The van der Waals surface area contributed by atoms with E-state index in [2.05, 4.69) is 15.2 Å². The highest BCUT2D eigenvalue weighted by Crippen LogP contribution is 2.27. The van der Waals surface area contributed by atoms with Crippen LogP contribution in [0.4, 0.5) is 8.78 Å². The first-order chi connectivity index (χ1) is 16.5. The van der Waals surface area contributed by atoms with Crippen molar-refractivity contribution in [3.8, 4) is 16.9 Å². The lowest BCUT2D eigenvalue weighted by Gasteiger charge is -2.17. The van der Waals surface area contributed by atoms with Gasteiger partial charge in [0.25, 0.3) is 12.3 Å². The smallest absolute Gasteiger partial charge is 0.280 e. The summed E-state index contributed by atoms with van der Waals surface area (Å²) in [6.45, 7) is 0.329. The topological polar surface area (TPSA) is 68.3 Å². The summed E-state index contributed by atoms with van der Waals surface area (Å²) in [6.07, 6.45) is 2.07. The summed E-state index contributed by atoms with van der Waals surface area (Å²) in [5, 5.41) is 8.24. The second kappa shape index (κ2) is 8.86. The summed E-state index contributed by atoms with van der Waals surface area (Å²) in [5.41, 5.74) is 2.79. The monoisotopic (exact) mass is 458 g/mol. The van der Waals surface area contributed by atoms with Gasteiger partial charge in [-0.25, -0.2) is 23.0 Å². The van der Waals surface area contributed by atoms with E-state index in [1.165, 1.54) is 17.2 Å². The summed E-state index contributed by atoms with van der Waals surface area (Å²) in [7, 11) is 1.66. The number of nitrogens with zero attached hydrogens (tertiary/aromatic N) is 6. The van der Waals surface area contributed by atoms with Crippen molar-refractivity contribution in [2.24, 2.45) is 0 Å². The van der Waals surface area contributed by atoms with Gasteiger partial charge in [-0.15, -0.1) is 0 Å². The van der Waals surface area contributed by atoms with Crippen molar-refractivity contribution in [2.75, 3.05) is 7.05 Å². The molecule has 0 atom stereocenters. The van der Waals surface area contributed by atoms with Crippen molar-refractivity contribution in [2.45, 2.75) is 13.0 Å². The van der Waals surface area contributed by atoms with Crippen LogP contribution in [0.25, 0.3) is 22.6 Å². The molecule has 0 saturated carbocycles. The molecule has 3 heterocycles.